The van der Waals surface area contributed by atoms with Crippen molar-refractivity contribution in [3.05, 3.63) is 24.0 Å². The number of fused-ring (bicyclic) bond motifs is 3. The number of carbonyl (C=O) groups excluding carboxylic acids is 1. The van der Waals surface area contributed by atoms with Gasteiger partial charge in [-0.25, -0.2) is 9.78 Å². The molecular weight excluding hydrogens is 405 g/mol. The first-order valence-electron chi connectivity index (χ1n) is 11.5. The summed E-state index contributed by atoms with van der Waals surface area (Å²) in [6, 6.07) is 6.01. The molecule has 2 fully saturated rings. The van der Waals surface area contributed by atoms with Gasteiger partial charge < -0.3 is 19.5 Å². The molecule has 1 aromatic heterocycles. The Morgan fingerprint density at radius 1 is 1.19 bits per heavy atom. The van der Waals surface area contributed by atoms with Crippen molar-refractivity contribution in [2.45, 2.75) is 96.6 Å². The second-order valence-corrected chi connectivity index (χ2v) is 11.3. The summed E-state index contributed by atoms with van der Waals surface area (Å²) in [5.41, 5.74) is 0.372. The number of nitrogens with zero attached hydrogens (tertiary/aromatic N) is 2. The lowest BCUT2D eigenvalue weighted by Crippen LogP contribution is -2.49. The van der Waals surface area contributed by atoms with Gasteiger partial charge in [0.2, 0.25) is 0 Å². The number of carbonyl (C=O) groups is 1. The highest BCUT2D eigenvalue weighted by molar-refractivity contribution is 6.47. The van der Waals surface area contributed by atoms with E-state index in [1.54, 1.807) is 21.3 Å². The summed E-state index contributed by atoms with van der Waals surface area (Å²) in [5.74, 6) is 1.21. The molecule has 7 nitrogen and oxygen atoms in total. The number of aliphatic hydroxyl groups is 1. The SMILES string of the molecule is CC(C)(C)OC(=O)N1C2CC[C@@H](C2)C1c1nc2ccc([B]OC(C)(C)C(C)(C)O)cc2[nH]1. The topological polar surface area (TPSA) is 87.7 Å². The maximum atomic E-state index is 13.0. The molecule has 1 amide bonds. The molecule has 2 unspecified atom stereocenters. The molecule has 1 aliphatic carbocycles. The first-order valence-corrected chi connectivity index (χ1v) is 11.5. The van der Waals surface area contributed by atoms with E-state index in [1.165, 1.54) is 0 Å². The average molecular weight is 440 g/mol. The highest BCUT2D eigenvalue weighted by atomic mass is 16.6. The number of piperidine rings is 1. The number of hydrogen-bond donors (Lipinski definition) is 2. The summed E-state index contributed by atoms with van der Waals surface area (Å²) in [7, 11) is 1.67. The molecule has 2 aromatic rings. The number of nitrogens with one attached hydrogen (secondary N) is 1. The number of H-pyrrole nitrogens is 1. The third-order valence-corrected chi connectivity index (χ3v) is 6.96. The zero-order valence-electron chi connectivity index (χ0n) is 20.2. The Hall–Kier alpha value is -2.06. The van der Waals surface area contributed by atoms with Gasteiger partial charge in [-0.3, -0.25) is 4.90 Å². The molecule has 3 atom stereocenters. The van der Waals surface area contributed by atoms with E-state index in [0.717, 1.165) is 41.6 Å². The predicted octanol–water partition coefficient (Wildman–Crippen LogP) is 3.83. The summed E-state index contributed by atoms with van der Waals surface area (Å²) in [6.07, 6.45) is 2.87. The van der Waals surface area contributed by atoms with Gasteiger partial charge in [0.05, 0.1) is 28.3 Å². The van der Waals surface area contributed by atoms with E-state index in [2.05, 4.69) is 4.98 Å². The molecule has 4 rings (SSSR count). The van der Waals surface area contributed by atoms with Crippen molar-refractivity contribution in [3.63, 3.8) is 0 Å². The summed E-state index contributed by atoms with van der Waals surface area (Å²) in [5, 5.41) is 10.3. The number of ether oxygens (including phenoxy) is 1. The molecule has 1 aliphatic heterocycles. The first-order chi connectivity index (χ1) is 14.7. The second-order valence-electron chi connectivity index (χ2n) is 11.3. The van der Waals surface area contributed by atoms with Gasteiger partial charge >= 0.3 is 13.6 Å². The van der Waals surface area contributed by atoms with Crippen LogP contribution in [0.25, 0.3) is 11.0 Å². The Morgan fingerprint density at radius 3 is 2.56 bits per heavy atom. The lowest BCUT2D eigenvalue weighted by atomic mass is 9.82. The van der Waals surface area contributed by atoms with E-state index < -0.39 is 16.8 Å². The normalized spacial score (nSPS) is 23.8. The molecule has 2 aliphatic rings. The quantitative estimate of drug-likeness (QED) is 0.690. The highest BCUT2D eigenvalue weighted by Gasteiger charge is 2.51. The first kappa shape index (κ1) is 23.1. The van der Waals surface area contributed by atoms with Crippen molar-refractivity contribution in [2.75, 3.05) is 0 Å². The van der Waals surface area contributed by atoms with E-state index >= 15 is 0 Å². The summed E-state index contributed by atoms with van der Waals surface area (Å²) >= 11 is 0. The average Bonchev–Trinajstić information content (AvgIpc) is 3.37. The third kappa shape index (κ3) is 4.39. The molecular formula is C24H35BN3O4. The minimum atomic E-state index is -0.984. The fourth-order valence-electron chi connectivity index (χ4n) is 4.54. The van der Waals surface area contributed by atoms with Crippen molar-refractivity contribution in [1.82, 2.24) is 14.9 Å². The number of rotatable bonds is 5. The standard InChI is InChI=1S/C24H35BN3O4/c1-22(2,3)31-21(29)28-16-10-8-14(12-16)19(28)20-26-17-11-9-15(13-18(17)27-20)25-32-24(6,7)23(4,5)30/h9,11,13-14,16,19,30H,8,10,12H2,1-7H3,(H,26,27)/t14-,16?,19?/m0/s1. The fraction of sp³-hybridized carbons (Fsp3) is 0.667. The van der Waals surface area contributed by atoms with Gasteiger partial charge in [-0.15, -0.1) is 0 Å². The number of aromatic nitrogens is 2. The zero-order valence-corrected chi connectivity index (χ0v) is 20.2. The third-order valence-electron chi connectivity index (χ3n) is 6.96. The molecule has 173 valence electrons. The van der Waals surface area contributed by atoms with Crippen molar-refractivity contribution < 1.29 is 19.3 Å². The molecule has 8 heteroatoms. The largest absolute Gasteiger partial charge is 0.444 e. The Labute approximate surface area is 191 Å². The number of aromatic amines is 1. The van der Waals surface area contributed by atoms with E-state index in [9.17, 15) is 9.90 Å². The minimum Gasteiger partial charge on any atom is -0.444 e. The molecule has 32 heavy (non-hydrogen) atoms. The van der Waals surface area contributed by atoms with E-state index in [-0.39, 0.29) is 18.2 Å². The Balaban J connectivity index is 1.56. The molecule has 1 saturated heterocycles. The van der Waals surface area contributed by atoms with Crippen LogP contribution >= 0.6 is 0 Å². The van der Waals surface area contributed by atoms with Gasteiger partial charge in [0, 0.05) is 6.04 Å². The van der Waals surface area contributed by atoms with Gasteiger partial charge in [0.1, 0.15) is 11.4 Å². The molecule has 2 heterocycles. The van der Waals surface area contributed by atoms with Crippen molar-refractivity contribution in [2.24, 2.45) is 5.92 Å². The van der Waals surface area contributed by atoms with Gasteiger partial charge in [0.15, 0.2) is 0 Å². The highest BCUT2D eigenvalue weighted by Crippen LogP contribution is 2.50. The number of benzene rings is 1. The van der Waals surface area contributed by atoms with Crippen LogP contribution in [0.5, 0.6) is 0 Å². The van der Waals surface area contributed by atoms with E-state index in [1.807, 2.05) is 57.7 Å². The van der Waals surface area contributed by atoms with Crippen LogP contribution in [0.15, 0.2) is 18.2 Å². The zero-order chi connectivity index (χ0) is 23.5. The monoisotopic (exact) mass is 440 g/mol. The van der Waals surface area contributed by atoms with Crippen LogP contribution in [0.1, 0.15) is 79.6 Å². The van der Waals surface area contributed by atoms with Crippen molar-refractivity contribution >= 4 is 30.1 Å². The van der Waals surface area contributed by atoms with Crippen LogP contribution in [0.2, 0.25) is 0 Å². The van der Waals surface area contributed by atoms with E-state index in [0.29, 0.717) is 5.92 Å². The van der Waals surface area contributed by atoms with Crippen LogP contribution in [0.4, 0.5) is 4.79 Å². The Morgan fingerprint density at radius 2 is 1.91 bits per heavy atom. The van der Waals surface area contributed by atoms with E-state index in [4.69, 9.17) is 14.4 Å². The van der Waals surface area contributed by atoms with Crippen LogP contribution in [-0.2, 0) is 9.39 Å². The lowest BCUT2D eigenvalue weighted by Gasteiger charge is -2.37. The maximum absolute atomic E-state index is 13.0. The smallest absolute Gasteiger partial charge is 0.411 e. The van der Waals surface area contributed by atoms with Crippen LogP contribution in [0, 0.1) is 5.92 Å². The van der Waals surface area contributed by atoms with Crippen molar-refractivity contribution in [3.8, 4) is 0 Å². The van der Waals surface area contributed by atoms with Gasteiger partial charge in [-0.05, 0) is 85.8 Å². The second kappa shape index (κ2) is 7.77. The number of likely N-dealkylation sites (tertiary alicyclic amines) is 1. The van der Waals surface area contributed by atoms with Crippen LogP contribution in [0.3, 0.4) is 0 Å². The fourth-order valence-corrected chi connectivity index (χ4v) is 4.54. The predicted molar refractivity (Wildman–Crippen MR) is 125 cm³/mol. The molecule has 2 N–H and O–H groups in total. The molecule has 1 saturated carbocycles. The minimum absolute atomic E-state index is 0.0891. The summed E-state index contributed by atoms with van der Waals surface area (Å²) in [6.45, 7) is 12.9. The molecule has 1 aromatic carbocycles. The van der Waals surface area contributed by atoms with Gasteiger partial charge in [-0.2, -0.15) is 0 Å². The molecule has 0 spiro atoms. The van der Waals surface area contributed by atoms with Crippen molar-refractivity contribution in [1.29, 1.82) is 0 Å². The number of imidazole rings is 1. The van der Waals surface area contributed by atoms with Crippen LogP contribution in [-0.4, -0.2) is 56.4 Å². The summed E-state index contributed by atoms with van der Waals surface area (Å²) < 4.78 is 11.6. The Bertz CT molecular complexity index is 1000. The number of amides is 1. The van der Waals surface area contributed by atoms with Gasteiger partial charge in [-0.1, -0.05) is 11.5 Å². The summed E-state index contributed by atoms with van der Waals surface area (Å²) in [4.78, 5) is 23.2. The lowest BCUT2D eigenvalue weighted by molar-refractivity contribution is -0.0893. The van der Waals surface area contributed by atoms with Gasteiger partial charge in [0.25, 0.3) is 0 Å². The molecule has 2 bridgehead atoms. The Kier molecular flexibility index (Phi) is 5.61. The maximum Gasteiger partial charge on any atom is 0.411 e. The molecule has 1 radical (unpaired) electrons. The van der Waals surface area contributed by atoms with Crippen LogP contribution < -0.4 is 5.46 Å². The number of hydrogen-bond acceptors (Lipinski definition) is 5.